The van der Waals surface area contributed by atoms with Gasteiger partial charge in [-0.25, -0.2) is 0 Å². The van der Waals surface area contributed by atoms with Gasteiger partial charge in [-0.15, -0.1) is 0 Å². The molecule has 0 fully saturated rings. The summed E-state index contributed by atoms with van der Waals surface area (Å²) in [7, 11) is -1.30. The van der Waals surface area contributed by atoms with E-state index < -0.39 is 19.0 Å². The molecule has 1 aromatic rings. The second-order valence-corrected chi connectivity index (χ2v) is 14.6. The predicted octanol–water partition coefficient (Wildman–Crippen LogP) is 2.40. The molecule has 126 valence electrons. The molecule has 0 radical (unpaired) electrons. The number of rotatable bonds is 6. The van der Waals surface area contributed by atoms with Crippen molar-refractivity contribution in [3.63, 3.8) is 0 Å². The lowest BCUT2D eigenvalue weighted by molar-refractivity contribution is 0.408. The second-order valence-electron chi connectivity index (χ2n) is 8.72. The molecule has 0 unspecified atom stereocenters. The number of hydrogen-bond acceptors (Lipinski definition) is 2. The first-order chi connectivity index (χ1) is 9.88. The van der Waals surface area contributed by atoms with Crippen LogP contribution < -0.4 is 10.4 Å². The molecule has 2 nitrogen and oxygen atoms in total. The topological polar surface area (TPSA) is 40.5 Å². The summed E-state index contributed by atoms with van der Waals surface area (Å²) in [6.07, 6.45) is 0. The van der Waals surface area contributed by atoms with Gasteiger partial charge in [0.05, 0.1) is 19.0 Å². The first-order valence-electron chi connectivity index (χ1n) is 8.41. The molecule has 0 aliphatic carbocycles. The predicted molar refractivity (Wildman–Crippen MR) is 104 cm³/mol. The molecule has 0 heterocycles. The van der Waals surface area contributed by atoms with Crippen molar-refractivity contribution < 1.29 is 10.2 Å². The Morgan fingerprint density at radius 2 is 1.00 bits per heavy atom. The van der Waals surface area contributed by atoms with E-state index in [1.807, 2.05) is 0 Å². The lowest BCUT2D eigenvalue weighted by Gasteiger charge is -2.31. The van der Waals surface area contributed by atoms with Gasteiger partial charge >= 0.3 is 0 Å². The van der Waals surface area contributed by atoms with Crippen molar-refractivity contribution in [1.29, 1.82) is 0 Å². The van der Waals surface area contributed by atoms with Gasteiger partial charge in [-0.2, -0.15) is 0 Å². The molecule has 1 aromatic carbocycles. The van der Waals surface area contributed by atoms with Crippen LogP contribution in [-0.2, 0) is 0 Å². The van der Waals surface area contributed by atoms with Gasteiger partial charge in [0.1, 0.15) is 0 Å². The zero-order valence-electron chi connectivity index (χ0n) is 15.6. The summed E-state index contributed by atoms with van der Waals surface area (Å²) in [5.41, 5.74) is 0. The van der Waals surface area contributed by atoms with Crippen LogP contribution >= 0.6 is 0 Å². The number of hydrogen-bond donors (Lipinski definition) is 2. The summed E-state index contributed by atoms with van der Waals surface area (Å²) in [5.74, 6) is 1.47. The molecule has 4 heteroatoms. The molecule has 0 aliphatic heterocycles. The average molecular weight is 339 g/mol. The third kappa shape index (κ3) is 4.38. The zero-order valence-corrected chi connectivity index (χ0v) is 18.4. The summed E-state index contributed by atoms with van der Waals surface area (Å²) in [5, 5.41) is 23.4. The van der Waals surface area contributed by atoms with Crippen molar-refractivity contribution in [1.82, 2.24) is 0 Å². The molecule has 0 amide bonds. The van der Waals surface area contributed by atoms with Crippen molar-refractivity contribution in [2.75, 3.05) is 0 Å². The SMILES string of the molecule is CC(C)C(C)(C)[SiH2]c1ccc([SiH2]C(C)(C)C(C)C)c(O)c1O. The van der Waals surface area contributed by atoms with Crippen molar-refractivity contribution in [3.8, 4) is 11.5 Å². The molecule has 0 bridgehead atoms. The Morgan fingerprint density at radius 1 is 0.727 bits per heavy atom. The van der Waals surface area contributed by atoms with E-state index in [2.05, 4.69) is 67.5 Å². The van der Waals surface area contributed by atoms with E-state index in [4.69, 9.17) is 0 Å². The summed E-state index contributed by atoms with van der Waals surface area (Å²) >= 11 is 0. The lowest BCUT2D eigenvalue weighted by Crippen LogP contribution is -2.33. The molecular weight excluding hydrogens is 304 g/mol. The minimum Gasteiger partial charge on any atom is -0.504 e. The lowest BCUT2D eigenvalue weighted by atomic mass is 9.99. The highest BCUT2D eigenvalue weighted by molar-refractivity contribution is 6.60. The molecule has 22 heavy (non-hydrogen) atoms. The van der Waals surface area contributed by atoms with E-state index >= 15 is 0 Å². The standard InChI is InChI=1S/C18H34O2Si2/c1-11(2)17(5,6)21-13-9-10-14(16(20)15(13)19)22-18(7,8)12(3)4/h9-12,19-20H,21-22H2,1-8H3. The third-order valence-electron chi connectivity index (χ3n) is 5.74. The first-order valence-corrected chi connectivity index (χ1v) is 11.2. The van der Waals surface area contributed by atoms with Crippen LogP contribution in [0, 0.1) is 11.8 Å². The van der Waals surface area contributed by atoms with E-state index in [1.165, 1.54) is 0 Å². The minimum absolute atomic E-state index is 0.157. The Bertz CT molecular complexity index is 473. The normalized spacial score (nSPS) is 14.3. The van der Waals surface area contributed by atoms with E-state index in [-0.39, 0.29) is 21.6 Å². The van der Waals surface area contributed by atoms with Gasteiger partial charge in [0.25, 0.3) is 0 Å². The van der Waals surface area contributed by atoms with Gasteiger partial charge in [0, 0.05) is 0 Å². The Labute approximate surface area is 141 Å². The summed E-state index contributed by atoms with van der Waals surface area (Å²) < 4.78 is 0. The van der Waals surface area contributed by atoms with Crippen LogP contribution in [0.1, 0.15) is 55.4 Å². The average Bonchev–Trinajstić information content (AvgIpc) is 2.38. The van der Waals surface area contributed by atoms with Crippen LogP contribution in [0.25, 0.3) is 0 Å². The van der Waals surface area contributed by atoms with Crippen molar-refractivity contribution in [2.45, 2.75) is 65.5 Å². The zero-order chi connectivity index (χ0) is 17.3. The molecule has 0 aliphatic rings. The molecule has 0 saturated carbocycles. The highest BCUT2D eigenvalue weighted by Crippen LogP contribution is 2.35. The van der Waals surface area contributed by atoms with Crippen LogP contribution in [0.3, 0.4) is 0 Å². The molecule has 1 rings (SSSR count). The smallest absolute Gasteiger partial charge is 0.155 e. The van der Waals surface area contributed by atoms with E-state index in [1.54, 1.807) is 0 Å². The molecule has 0 aromatic heterocycles. The van der Waals surface area contributed by atoms with Gasteiger partial charge in [-0.1, -0.05) is 67.5 Å². The maximum atomic E-state index is 10.5. The van der Waals surface area contributed by atoms with E-state index in [0.29, 0.717) is 11.8 Å². The van der Waals surface area contributed by atoms with Gasteiger partial charge in [-0.3, -0.25) is 0 Å². The molecule has 0 saturated heterocycles. The Kier molecular flexibility index (Phi) is 5.96. The van der Waals surface area contributed by atoms with E-state index in [0.717, 1.165) is 10.4 Å². The fraction of sp³-hybridized carbons (Fsp3) is 0.667. The third-order valence-corrected chi connectivity index (χ3v) is 11.1. The van der Waals surface area contributed by atoms with E-state index in [9.17, 15) is 10.2 Å². The molecule has 0 spiro atoms. The Hall–Kier alpha value is -0.746. The highest BCUT2D eigenvalue weighted by Gasteiger charge is 2.28. The Balaban J connectivity index is 3.08. The van der Waals surface area contributed by atoms with Gasteiger partial charge in [-0.05, 0) is 32.3 Å². The fourth-order valence-electron chi connectivity index (χ4n) is 2.34. The maximum Gasteiger partial charge on any atom is 0.155 e. The maximum absolute atomic E-state index is 10.5. The summed E-state index contributed by atoms with van der Waals surface area (Å²) in [6, 6.07) is 4.15. The first kappa shape index (κ1) is 19.3. The van der Waals surface area contributed by atoms with Gasteiger partial charge < -0.3 is 10.2 Å². The van der Waals surface area contributed by atoms with Crippen molar-refractivity contribution >= 4 is 29.4 Å². The van der Waals surface area contributed by atoms with Crippen LogP contribution in [0.5, 0.6) is 11.5 Å². The summed E-state index contributed by atoms with van der Waals surface area (Å²) in [6.45, 7) is 18.0. The largest absolute Gasteiger partial charge is 0.504 e. The molecular formula is C18H34O2Si2. The minimum atomic E-state index is -0.649. The van der Waals surface area contributed by atoms with Gasteiger partial charge in [0.15, 0.2) is 11.5 Å². The highest BCUT2D eigenvalue weighted by atomic mass is 28.2. The molecule has 2 N–H and O–H groups in total. The van der Waals surface area contributed by atoms with Crippen LogP contribution in [0.4, 0.5) is 0 Å². The van der Waals surface area contributed by atoms with Crippen LogP contribution in [0.15, 0.2) is 12.1 Å². The second kappa shape index (κ2) is 6.79. The number of benzene rings is 1. The monoisotopic (exact) mass is 338 g/mol. The van der Waals surface area contributed by atoms with Gasteiger partial charge in [0.2, 0.25) is 0 Å². The number of aromatic hydroxyl groups is 2. The van der Waals surface area contributed by atoms with Crippen LogP contribution in [-0.4, -0.2) is 29.3 Å². The van der Waals surface area contributed by atoms with Crippen LogP contribution in [0.2, 0.25) is 10.1 Å². The fourth-order valence-corrected chi connectivity index (χ4v) is 6.26. The quantitative estimate of drug-likeness (QED) is 0.618. The number of phenols is 2. The number of phenolic OH excluding ortho intramolecular Hbond substituents is 2. The molecule has 0 atom stereocenters. The Morgan fingerprint density at radius 3 is 1.23 bits per heavy atom. The van der Waals surface area contributed by atoms with Crippen molar-refractivity contribution in [3.05, 3.63) is 12.1 Å². The summed E-state index contributed by atoms with van der Waals surface area (Å²) in [4.78, 5) is 0. The van der Waals surface area contributed by atoms with Crippen molar-refractivity contribution in [2.24, 2.45) is 11.8 Å².